The van der Waals surface area contributed by atoms with Gasteiger partial charge in [-0.3, -0.25) is 9.59 Å². The first-order valence-corrected chi connectivity index (χ1v) is 9.05. The molecular formula is C20H21ClN2O3. The molecule has 5 nitrogen and oxygen atoms in total. The molecule has 0 bridgehead atoms. The molecule has 0 aromatic heterocycles. The van der Waals surface area contributed by atoms with Gasteiger partial charge in [0.2, 0.25) is 0 Å². The summed E-state index contributed by atoms with van der Waals surface area (Å²) in [5.74, 6) is 0.226. The monoisotopic (exact) mass is 372 g/mol. The Labute approximate surface area is 157 Å². The van der Waals surface area contributed by atoms with Gasteiger partial charge in [0.05, 0.1) is 10.6 Å². The third-order valence-corrected chi connectivity index (χ3v) is 4.62. The van der Waals surface area contributed by atoms with Crippen LogP contribution in [0.5, 0.6) is 5.75 Å². The summed E-state index contributed by atoms with van der Waals surface area (Å²) in [4.78, 5) is 23.8. The highest BCUT2D eigenvalue weighted by atomic mass is 35.5. The van der Waals surface area contributed by atoms with E-state index in [4.69, 9.17) is 16.3 Å². The maximum Gasteiger partial charge on any atom is 0.258 e. The van der Waals surface area contributed by atoms with Gasteiger partial charge in [-0.05, 0) is 54.7 Å². The lowest BCUT2D eigenvalue weighted by Gasteiger charge is -2.10. The number of carbonyl (C=O) groups is 2. The molecule has 136 valence electrons. The van der Waals surface area contributed by atoms with Crippen LogP contribution in [0.25, 0.3) is 0 Å². The number of hydrogen-bond donors (Lipinski definition) is 2. The largest absolute Gasteiger partial charge is 0.484 e. The van der Waals surface area contributed by atoms with Crippen molar-refractivity contribution < 1.29 is 14.3 Å². The Morgan fingerprint density at radius 1 is 1.00 bits per heavy atom. The van der Waals surface area contributed by atoms with Crippen molar-refractivity contribution in [1.29, 1.82) is 0 Å². The third kappa shape index (κ3) is 4.76. The minimum Gasteiger partial charge on any atom is -0.484 e. The number of carbonyl (C=O) groups excluding carboxylic acids is 2. The van der Waals surface area contributed by atoms with Crippen molar-refractivity contribution in [3.8, 4) is 5.75 Å². The molecule has 0 saturated heterocycles. The van der Waals surface area contributed by atoms with Crippen LogP contribution in [0.4, 0.5) is 0 Å². The van der Waals surface area contributed by atoms with Crippen LogP contribution in [-0.2, 0) is 17.6 Å². The quantitative estimate of drug-likeness (QED) is 0.734. The summed E-state index contributed by atoms with van der Waals surface area (Å²) in [5, 5.41) is 5.83. The van der Waals surface area contributed by atoms with Gasteiger partial charge in [-0.2, -0.15) is 0 Å². The molecular weight excluding hydrogens is 352 g/mol. The third-order valence-electron chi connectivity index (χ3n) is 4.29. The minimum absolute atomic E-state index is 0.0444. The van der Waals surface area contributed by atoms with E-state index in [0.29, 0.717) is 29.4 Å². The molecule has 26 heavy (non-hydrogen) atoms. The standard InChI is InChI=1S/C20H21ClN2O3/c21-18-7-2-1-6-17(18)20(25)23-11-10-22-19(24)13-26-16-9-8-14-4-3-5-15(14)12-16/h1-2,6-9,12H,3-5,10-11,13H2,(H,22,24)(H,23,25). The first kappa shape index (κ1) is 18.3. The van der Waals surface area contributed by atoms with Crippen LogP contribution >= 0.6 is 11.6 Å². The highest BCUT2D eigenvalue weighted by Gasteiger charge is 2.12. The zero-order valence-corrected chi connectivity index (χ0v) is 15.1. The molecule has 0 unspecified atom stereocenters. The maximum absolute atomic E-state index is 12.0. The minimum atomic E-state index is -0.265. The Hall–Kier alpha value is -2.53. The Morgan fingerprint density at radius 2 is 1.77 bits per heavy atom. The molecule has 0 radical (unpaired) electrons. The topological polar surface area (TPSA) is 67.4 Å². The van der Waals surface area contributed by atoms with Gasteiger partial charge in [0.15, 0.2) is 6.61 Å². The molecule has 0 spiro atoms. The van der Waals surface area contributed by atoms with E-state index >= 15 is 0 Å². The second-order valence-corrected chi connectivity index (χ2v) is 6.57. The van der Waals surface area contributed by atoms with E-state index in [9.17, 15) is 9.59 Å². The number of rotatable bonds is 7. The van der Waals surface area contributed by atoms with Gasteiger partial charge in [0.1, 0.15) is 5.75 Å². The molecule has 0 saturated carbocycles. The van der Waals surface area contributed by atoms with Crippen molar-refractivity contribution in [3.05, 3.63) is 64.2 Å². The normalized spacial score (nSPS) is 12.3. The van der Waals surface area contributed by atoms with Crippen LogP contribution in [0.3, 0.4) is 0 Å². The number of halogens is 1. The number of amides is 2. The lowest BCUT2D eigenvalue weighted by Crippen LogP contribution is -2.36. The van der Waals surface area contributed by atoms with E-state index in [-0.39, 0.29) is 18.4 Å². The molecule has 2 aromatic rings. The van der Waals surface area contributed by atoms with E-state index < -0.39 is 0 Å². The van der Waals surface area contributed by atoms with Crippen molar-refractivity contribution in [2.45, 2.75) is 19.3 Å². The second-order valence-electron chi connectivity index (χ2n) is 6.16. The van der Waals surface area contributed by atoms with Gasteiger partial charge >= 0.3 is 0 Å². The molecule has 2 amide bonds. The van der Waals surface area contributed by atoms with Crippen molar-refractivity contribution >= 4 is 23.4 Å². The zero-order valence-electron chi connectivity index (χ0n) is 14.4. The molecule has 3 rings (SSSR count). The van der Waals surface area contributed by atoms with Crippen molar-refractivity contribution in [3.63, 3.8) is 0 Å². The summed E-state index contributed by atoms with van der Waals surface area (Å²) in [6.07, 6.45) is 3.37. The Kier molecular flexibility index (Phi) is 6.12. The fourth-order valence-electron chi connectivity index (χ4n) is 2.96. The predicted molar refractivity (Wildman–Crippen MR) is 101 cm³/mol. The van der Waals surface area contributed by atoms with Gasteiger partial charge in [-0.25, -0.2) is 0 Å². The van der Waals surface area contributed by atoms with Gasteiger partial charge in [-0.15, -0.1) is 0 Å². The summed E-state index contributed by atoms with van der Waals surface area (Å²) in [6.45, 7) is 0.592. The smallest absolute Gasteiger partial charge is 0.258 e. The van der Waals surface area contributed by atoms with Crippen LogP contribution < -0.4 is 15.4 Å². The van der Waals surface area contributed by atoms with Gasteiger partial charge in [0, 0.05) is 13.1 Å². The Morgan fingerprint density at radius 3 is 2.62 bits per heavy atom. The number of hydrogen-bond acceptors (Lipinski definition) is 3. The summed E-state index contributed by atoms with van der Waals surface area (Å²) >= 11 is 5.97. The van der Waals surface area contributed by atoms with Gasteiger partial charge < -0.3 is 15.4 Å². The lowest BCUT2D eigenvalue weighted by atomic mass is 10.1. The van der Waals surface area contributed by atoms with Crippen molar-refractivity contribution in [1.82, 2.24) is 10.6 Å². The molecule has 6 heteroatoms. The molecule has 0 aliphatic heterocycles. The van der Waals surface area contributed by atoms with E-state index in [1.165, 1.54) is 17.5 Å². The number of benzene rings is 2. The van der Waals surface area contributed by atoms with E-state index in [2.05, 4.69) is 16.7 Å². The van der Waals surface area contributed by atoms with Crippen molar-refractivity contribution in [2.24, 2.45) is 0 Å². The number of fused-ring (bicyclic) bond motifs is 1. The molecule has 0 heterocycles. The van der Waals surface area contributed by atoms with Crippen LogP contribution in [0.15, 0.2) is 42.5 Å². The van der Waals surface area contributed by atoms with Crippen LogP contribution in [0.2, 0.25) is 5.02 Å². The fraction of sp³-hybridized carbons (Fsp3) is 0.300. The van der Waals surface area contributed by atoms with Crippen LogP contribution in [0.1, 0.15) is 27.9 Å². The molecule has 0 atom stereocenters. The van der Waals surface area contributed by atoms with Crippen LogP contribution in [0, 0.1) is 0 Å². The van der Waals surface area contributed by atoms with Crippen LogP contribution in [-0.4, -0.2) is 31.5 Å². The molecule has 1 aliphatic rings. The van der Waals surface area contributed by atoms with E-state index in [1.807, 2.05) is 12.1 Å². The summed E-state index contributed by atoms with van der Waals surface area (Å²) in [7, 11) is 0. The highest BCUT2D eigenvalue weighted by molar-refractivity contribution is 6.33. The van der Waals surface area contributed by atoms with Gasteiger partial charge in [-0.1, -0.05) is 29.8 Å². The first-order valence-electron chi connectivity index (χ1n) is 8.67. The summed E-state index contributed by atoms with van der Waals surface area (Å²) < 4.78 is 5.54. The number of ether oxygens (including phenoxy) is 1. The molecule has 2 N–H and O–H groups in total. The number of nitrogens with one attached hydrogen (secondary N) is 2. The molecule has 1 aliphatic carbocycles. The SMILES string of the molecule is O=C(COc1ccc2c(c1)CCC2)NCCNC(=O)c1ccccc1Cl. The summed E-state index contributed by atoms with van der Waals surface area (Å²) in [6, 6.07) is 12.8. The number of aryl methyl sites for hydroxylation is 2. The Bertz CT molecular complexity index is 807. The molecule has 2 aromatic carbocycles. The van der Waals surface area contributed by atoms with Crippen molar-refractivity contribution in [2.75, 3.05) is 19.7 Å². The van der Waals surface area contributed by atoms with E-state index in [0.717, 1.165) is 12.8 Å². The average molecular weight is 373 g/mol. The molecule has 0 fully saturated rings. The second kappa shape index (κ2) is 8.72. The highest BCUT2D eigenvalue weighted by Crippen LogP contribution is 2.25. The van der Waals surface area contributed by atoms with E-state index in [1.54, 1.807) is 24.3 Å². The maximum atomic E-state index is 12.0. The predicted octanol–water partition coefficient (Wildman–Crippen LogP) is 2.75. The zero-order chi connectivity index (χ0) is 18.4. The lowest BCUT2D eigenvalue weighted by molar-refractivity contribution is -0.123. The summed E-state index contributed by atoms with van der Waals surface area (Å²) in [5.41, 5.74) is 3.10. The fourth-order valence-corrected chi connectivity index (χ4v) is 3.18. The first-order chi connectivity index (χ1) is 12.6. The Balaban J connectivity index is 1.35. The average Bonchev–Trinajstić information content (AvgIpc) is 3.11. The van der Waals surface area contributed by atoms with Gasteiger partial charge in [0.25, 0.3) is 11.8 Å².